The monoisotopic (exact) mass is 612 g/mol. The molecule has 2 heterocycles. The Morgan fingerprint density at radius 2 is 1.51 bits per heavy atom. The molecule has 10 nitrogen and oxygen atoms in total. The van der Waals surface area contributed by atoms with Crippen molar-refractivity contribution >= 4 is 27.9 Å². The Hall–Kier alpha value is -3.44. The number of ether oxygens (including phenoxy) is 1. The number of rotatable bonds is 10. The van der Waals surface area contributed by atoms with Crippen molar-refractivity contribution in [1.29, 1.82) is 0 Å². The predicted molar refractivity (Wildman–Crippen MR) is 164 cm³/mol. The van der Waals surface area contributed by atoms with E-state index < -0.39 is 33.6 Å². The highest BCUT2D eigenvalue weighted by atomic mass is 32.2. The number of benzene rings is 2. The van der Waals surface area contributed by atoms with E-state index in [-0.39, 0.29) is 30.1 Å². The van der Waals surface area contributed by atoms with Gasteiger partial charge in [0, 0.05) is 26.2 Å². The highest BCUT2D eigenvalue weighted by Crippen LogP contribution is 2.22. The molecule has 0 aliphatic carbocycles. The van der Waals surface area contributed by atoms with Crippen molar-refractivity contribution in [3.05, 3.63) is 71.8 Å². The van der Waals surface area contributed by atoms with Gasteiger partial charge in [-0.15, -0.1) is 0 Å². The maximum absolute atomic E-state index is 13.9. The average Bonchev–Trinajstić information content (AvgIpc) is 3.45. The van der Waals surface area contributed by atoms with Gasteiger partial charge < -0.3 is 19.9 Å². The second kappa shape index (κ2) is 14.4. The van der Waals surface area contributed by atoms with Crippen LogP contribution in [-0.4, -0.2) is 80.0 Å². The molecule has 2 aliphatic heterocycles. The van der Waals surface area contributed by atoms with Crippen molar-refractivity contribution in [2.75, 3.05) is 26.2 Å². The number of likely N-dealkylation sites (tertiary alicyclic amines) is 2. The Bertz CT molecular complexity index is 1340. The third-order valence-corrected chi connectivity index (χ3v) is 9.13. The van der Waals surface area contributed by atoms with E-state index in [2.05, 4.69) is 10.0 Å². The summed E-state index contributed by atoms with van der Waals surface area (Å²) < 4.78 is 34.4. The first-order chi connectivity index (χ1) is 20.4. The molecule has 0 unspecified atom stereocenters. The molecule has 2 fully saturated rings. The van der Waals surface area contributed by atoms with Gasteiger partial charge in [-0.3, -0.25) is 9.59 Å². The van der Waals surface area contributed by atoms with Gasteiger partial charge in [-0.1, -0.05) is 60.7 Å². The minimum Gasteiger partial charge on any atom is -0.444 e. The average molecular weight is 613 g/mol. The summed E-state index contributed by atoms with van der Waals surface area (Å²) in [6.07, 6.45) is 2.52. The van der Waals surface area contributed by atoms with Gasteiger partial charge in [0.1, 0.15) is 17.7 Å². The van der Waals surface area contributed by atoms with Crippen LogP contribution in [0.2, 0.25) is 0 Å². The molecule has 2 aromatic rings. The Kier molecular flexibility index (Phi) is 10.8. The number of sulfonamides is 1. The minimum absolute atomic E-state index is 0.175. The normalized spacial score (nSPS) is 18.7. The van der Waals surface area contributed by atoms with Crippen LogP contribution >= 0.6 is 0 Å². The van der Waals surface area contributed by atoms with Crippen LogP contribution in [0.3, 0.4) is 0 Å². The van der Waals surface area contributed by atoms with Gasteiger partial charge >= 0.3 is 6.09 Å². The zero-order valence-corrected chi connectivity index (χ0v) is 26.1. The molecule has 0 radical (unpaired) electrons. The lowest BCUT2D eigenvalue weighted by atomic mass is 9.97. The van der Waals surface area contributed by atoms with Gasteiger partial charge in [0.15, 0.2) is 0 Å². The summed E-state index contributed by atoms with van der Waals surface area (Å²) in [4.78, 5) is 42.8. The van der Waals surface area contributed by atoms with Crippen LogP contribution in [0.4, 0.5) is 4.79 Å². The smallest absolute Gasteiger partial charge is 0.410 e. The zero-order valence-electron chi connectivity index (χ0n) is 25.3. The molecule has 43 heavy (non-hydrogen) atoms. The third kappa shape index (κ3) is 9.79. The molecule has 3 amide bonds. The fourth-order valence-corrected chi connectivity index (χ4v) is 6.93. The van der Waals surface area contributed by atoms with Gasteiger partial charge in [0.25, 0.3) is 0 Å². The van der Waals surface area contributed by atoms with E-state index in [4.69, 9.17) is 4.74 Å². The summed E-state index contributed by atoms with van der Waals surface area (Å²) in [5.74, 6) is -0.665. The molecule has 0 bridgehead atoms. The fourth-order valence-electron chi connectivity index (χ4n) is 5.59. The van der Waals surface area contributed by atoms with Gasteiger partial charge in [0.05, 0.1) is 5.75 Å². The summed E-state index contributed by atoms with van der Waals surface area (Å²) in [5, 5.41) is 3.02. The number of nitrogens with one attached hydrogen (secondary N) is 2. The van der Waals surface area contributed by atoms with Crippen LogP contribution in [-0.2, 0) is 36.5 Å². The molecule has 2 N–H and O–H groups in total. The second-order valence-electron chi connectivity index (χ2n) is 12.5. The Morgan fingerprint density at radius 1 is 0.907 bits per heavy atom. The topological polar surface area (TPSA) is 125 Å². The molecule has 2 atom stereocenters. The van der Waals surface area contributed by atoms with Crippen molar-refractivity contribution in [3.8, 4) is 0 Å². The molecule has 0 spiro atoms. The van der Waals surface area contributed by atoms with Crippen molar-refractivity contribution in [3.63, 3.8) is 0 Å². The largest absolute Gasteiger partial charge is 0.444 e. The van der Waals surface area contributed by atoms with E-state index in [9.17, 15) is 22.8 Å². The lowest BCUT2D eigenvalue weighted by molar-refractivity contribution is -0.139. The summed E-state index contributed by atoms with van der Waals surface area (Å²) >= 11 is 0. The number of carbonyl (C=O) groups excluding carboxylic acids is 3. The van der Waals surface area contributed by atoms with Crippen LogP contribution in [0.25, 0.3) is 0 Å². The van der Waals surface area contributed by atoms with E-state index in [1.807, 2.05) is 57.2 Å². The summed E-state index contributed by atoms with van der Waals surface area (Å²) in [7, 11) is -3.85. The molecular formula is C32H44N4O6S. The molecule has 0 aromatic heterocycles. The van der Waals surface area contributed by atoms with Gasteiger partial charge in [-0.2, -0.15) is 0 Å². The first-order valence-corrected chi connectivity index (χ1v) is 16.7. The number of hydrogen-bond acceptors (Lipinski definition) is 6. The molecule has 2 saturated heterocycles. The first kappa shape index (κ1) is 32.5. The number of nitrogens with zero attached hydrogens (tertiary/aromatic N) is 2. The van der Waals surface area contributed by atoms with Gasteiger partial charge in [-0.25, -0.2) is 17.9 Å². The Balaban J connectivity index is 1.36. The molecule has 2 aromatic carbocycles. The number of amides is 3. The number of piperidine rings is 1. The predicted octanol–water partition coefficient (Wildman–Crippen LogP) is 3.47. The lowest BCUT2D eigenvalue weighted by Gasteiger charge is -2.34. The van der Waals surface area contributed by atoms with Crippen LogP contribution in [0.15, 0.2) is 60.7 Å². The van der Waals surface area contributed by atoms with Crippen LogP contribution in [0.5, 0.6) is 0 Å². The standard InChI is InChI=1S/C32H44N4O6S/c1-32(2,3)42-31(39)35-19-16-25(17-20-35)22-33-29(37)28-15-10-18-36(28)30(38)27(21-24-11-6-4-7-12-24)34-43(40,41)23-26-13-8-5-9-14-26/h4-9,11-14,25,27-28,34H,10,15-23H2,1-3H3,(H,33,37)/t27-,28+/m1/s1. The molecule has 11 heteroatoms. The van der Waals surface area contributed by atoms with Crippen LogP contribution in [0.1, 0.15) is 57.6 Å². The van der Waals surface area contributed by atoms with E-state index in [1.54, 1.807) is 29.2 Å². The van der Waals surface area contributed by atoms with E-state index >= 15 is 0 Å². The number of hydrogen-bond donors (Lipinski definition) is 2. The molecular weight excluding hydrogens is 568 g/mol. The Labute approximate surface area is 255 Å². The van der Waals surface area contributed by atoms with E-state index in [0.29, 0.717) is 44.6 Å². The molecule has 4 rings (SSSR count). The first-order valence-electron chi connectivity index (χ1n) is 15.0. The fraction of sp³-hybridized carbons (Fsp3) is 0.531. The van der Waals surface area contributed by atoms with Crippen molar-refractivity contribution in [2.24, 2.45) is 5.92 Å². The van der Waals surface area contributed by atoms with Crippen molar-refractivity contribution in [1.82, 2.24) is 19.8 Å². The van der Waals surface area contributed by atoms with Gasteiger partial charge in [-0.05, 0) is 69.9 Å². The molecule has 0 saturated carbocycles. The van der Waals surface area contributed by atoms with Gasteiger partial charge in [0.2, 0.25) is 21.8 Å². The number of carbonyl (C=O) groups is 3. The molecule has 234 valence electrons. The summed E-state index contributed by atoms with van der Waals surface area (Å²) in [5.41, 5.74) is 0.895. The maximum Gasteiger partial charge on any atom is 0.410 e. The highest BCUT2D eigenvalue weighted by Gasteiger charge is 2.38. The van der Waals surface area contributed by atoms with Crippen LogP contribution < -0.4 is 10.0 Å². The van der Waals surface area contributed by atoms with E-state index in [1.165, 1.54) is 4.90 Å². The van der Waals surface area contributed by atoms with E-state index in [0.717, 1.165) is 18.4 Å². The summed E-state index contributed by atoms with van der Waals surface area (Å²) in [6.45, 7) is 7.49. The molecule has 2 aliphatic rings. The summed E-state index contributed by atoms with van der Waals surface area (Å²) in [6, 6.07) is 16.4. The minimum atomic E-state index is -3.85. The Morgan fingerprint density at radius 3 is 2.12 bits per heavy atom. The van der Waals surface area contributed by atoms with Crippen molar-refractivity contribution in [2.45, 2.75) is 76.3 Å². The zero-order chi connectivity index (χ0) is 31.0. The van der Waals surface area contributed by atoms with Crippen LogP contribution in [0, 0.1) is 5.92 Å². The maximum atomic E-state index is 13.9. The SMILES string of the molecule is CC(C)(C)OC(=O)N1CCC(CNC(=O)[C@@H]2CCCN2C(=O)[C@@H](Cc2ccccc2)NS(=O)(=O)Cc2ccccc2)CC1. The third-order valence-electron chi connectivity index (χ3n) is 7.77. The second-order valence-corrected chi connectivity index (χ2v) is 14.2. The quantitative estimate of drug-likeness (QED) is 0.424. The lowest BCUT2D eigenvalue weighted by Crippen LogP contribution is -2.54. The van der Waals surface area contributed by atoms with Crippen molar-refractivity contribution < 1.29 is 27.5 Å². The highest BCUT2D eigenvalue weighted by molar-refractivity contribution is 7.88.